The second-order valence-electron chi connectivity index (χ2n) is 4.04. The van der Waals surface area contributed by atoms with Gasteiger partial charge in [-0.25, -0.2) is 12.8 Å². The Morgan fingerprint density at radius 2 is 2.05 bits per heavy atom. The molecule has 1 aromatic carbocycles. The summed E-state index contributed by atoms with van der Waals surface area (Å²) < 4.78 is 43.7. The van der Waals surface area contributed by atoms with Crippen molar-refractivity contribution in [2.45, 2.75) is 18.7 Å². The molecule has 0 radical (unpaired) electrons. The minimum Gasteiger partial charge on any atom is -0.465 e. The second kappa shape index (κ2) is 7.06. The zero-order valence-corrected chi connectivity index (χ0v) is 13.2. The first-order valence-corrected chi connectivity index (χ1v) is 7.96. The van der Waals surface area contributed by atoms with Crippen LogP contribution in [0.4, 0.5) is 10.1 Å². The molecule has 0 bridgehead atoms. The van der Waals surface area contributed by atoms with E-state index >= 15 is 0 Å². The van der Waals surface area contributed by atoms with Gasteiger partial charge in [0.1, 0.15) is 17.3 Å². The number of benzene rings is 1. The third-order valence-corrected chi connectivity index (χ3v) is 5.02. The van der Waals surface area contributed by atoms with E-state index in [0.29, 0.717) is 0 Å². The molecule has 0 saturated heterocycles. The molecule has 0 aliphatic carbocycles. The van der Waals surface area contributed by atoms with Gasteiger partial charge in [0.05, 0.1) is 17.3 Å². The number of carbonyl (C=O) groups is 1. The average molecular weight is 339 g/mol. The maximum atomic E-state index is 13.2. The summed E-state index contributed by atoms with van der Waals surface area (Å²) in [5, 5.41) is -0.302. The van der Waals surface area contributed by atoms with Crippen molar-refractivity contribution in [3.8, 4) is 0 Å². The molecule has 0 fully saturated rings. The standard InChI is InChI=1S/C12H16ClFN2O4S/c1-3-16(7-12(17)20-4-2)21(18,19)11-6-10(15)9(14)5-8(11)13/h5-6H,3-4,7,15H2,1-2H3. The van der Waals surface area contributed by atoms with Crippen LogP contribution in [0.1, 0.15) is 13.8 Å². The molecule has 2 N–H and O–H groups in total. The number of likely N-dealkylation sites (N-methyl/N-ethyl adjacent to an activating group) is 1. The monoisotopic (exact) mass is 338 g/mol. The van der Waals surface area contributed by atoms with Crippen LogP contribution in [0.25, 0.3) is 0 Å². The first-order valence-electron chi connectivity index (χ1n) is 6.14. The van der Waals surface area contributed by atoms with E-state index in [1.165, 1.54) is 0 Å². The summed E-state index contributed by atoms with van der Waals surface area (Å²) >= 11 is 5.77. The summed E-state index contributed by atoms with van der Waals surface area (Å²) in [7, 11) is -4.08. The molecule has 9 heteroatoms. The van der Waals surface area contributed by atoms with Gasteiger partial charge in [-0.3, -0.25) is 4.79 Å². The van der Waals surface area contributed by atoms with Crippen molar-refractivity contribution >= 4 is 33.3 Å². The van der Waals surface area contributed by atoms with E-state index in [1.807, 2.05) is 0 Å². The predicted octanol–water partition coefficient (Wildman–Crippen LogP) is 1.63. The van der Waals surface area contributed by atoms with Gasteiger partial charge in [-0.2, -0.15) is 4.31 Å². The Kier molecular flexibility index (Phi) is 5.94. The van der Waals surface area contributed by atoms with Crippen molar-refractivity contribution in [1.29, 1.82) is 0 Å². The number of esters is 1. The number of nitrogens with zero attached hydrogens (tertiary/aromatic N) is 1. The predicted molar refractivity (Wildman–Crippen MR) is 76.9 cm³/mol. The number of hydrogen-bond acceptors (Lipinski definition) is 5. The fraction of sp³-hybridized carbons (Fsp3) is 0.417. The lowest BCUT2D eigenvalue weighted by Crippen LogP contribution is -2.36. The summed E-state index contributed by atoms with van der Waals surface area (Å²) in [6.07, 6.45) is 0. The Labute approximate surface area is 127 Å². The van der Waals surface area contributed by atoms with E-state index in [4.69, 9.17) is 22.1 Å². The first-order chi connectivity index (χ1) is 9.73. The van der Waals surface area contributed by atoms with Crippen molar-refractivity contribution < 1.29 is 22.3 Å². The average Bonchev–Trinajstić information content (AvgIpc) is 2.40. The van der Waals surface area contributed by atoms with Crippen LogP contribution in [0.2, 0.25) is 5.02 Å². The smallest absolute Gasteiger partial charge is 0.321 e. The Morgan fingerprint density at radius 3 is 2.57 bits per heavy atom. The van der Waals surface area contributed by atoms with Crippen molar-refractivity contribution in [3.63, 3.8) is 0 Å². The first kappa shape index (κ1) is 17.7. The molecule has 1 aromatic rings. The SMILES string of the molecule is CCOC(=O)CN(CC)S(=O)(=O)c1cc(N)c(F)cc1Cl. The van der Waals surface area contributed by atoms with Gasteiger partial charge in [0, 0.05) is 6.54 Å². The summed E-state index contributed by atoms with van der Waals surface area (Å²) in [5.41, 5.74) is 5.03. The third kappa shape index (κ3) is 4.05. The Morgan fingerprint density at radius 1 is 1.43 bits per heavy atom. The lowest BCUT2D eigenvalue weighted by Gasteiger charge is -2.20. The molecule has 0 aliphatic rings. The minimum absolute atomic E-state index is 0.0226. The maximum absolute atomic E-state index is 13.2. The van der Waals surface area contributed by atoms with E-state index < -0.39 is 28.4 Å². The highest BCUT2D eigenvalue weighted by Gasteiger charge is 2.28. The molecule has 0 amide bonds. The van der Waals surface area contributed by atoms with Crippen LogP contribution in [-0.2, 0) is 19.6 Å². The number of nitrogens with two attached hydrogens (primary N) is 1. The summed E-state index contributed by atoms with van der Waals surface area (Å²) in [4.78, 5) is 11.1. The molecular formula is C12H16ClFN2O4S. The van der Waals surface area contributed by atoms with Crippen molar-refractivity contribution in [1.82, 2.24) is 4.31 Å². The Hall–Kier alpha value is -1.38. The molecule has 0 aromatic heterocycles. The number of hydrogen-bond donors (Lipinski definition) is 1. The van der Waals surface area contributed by atoms with Gasteiger partial charge in [-0.15, -0.1) is 0 Å². The van der Waals surface area contributed by atoms with Crippen LogP contribution < -0.4 is 5.73 Å². The Balaban J connectivity index is 3.19. The van der Waals surface area contributed by atoms with Crippen molar-refractivity contribution in [2.24, 2.45) is 0 Å². The van der Waals surface area contributed by atoms with Gasteiger partial charge >= 0.3 is 5.97 Å². The lowest BCUT2D eigenvalue weighted by molar-refractivity contribution is -0.143. The zero-order chi connectivity index (χ0) is 16.2. The molecule has 1 rings (SSSR count). The number of rotatable bonds is 6. The highest BCUT2D eigenvalue weighted by Crippen LogP contribution is 2.28. The Bertz CT molecular complexity index is 636. The quantitative estimate of drug-likeness (QED) is 0.629. The van der Waals surface area contributed by atoms with Crippen LogP contribution in [0.5, 0.6) is 0 Å². The number of sulfonamides is 1. The summed E-state index contributed by atoms with van der Waals surface area (Å²) in [6.45, 7) is 2.87. The molecule has 0 unspecified atom stereocenters. The topological polar surface area (TPSA) is 89.7 Å². The number of carbonyl (C=O) groups excluding carboxylic acids is 1. The largest absolute Gasteiger partial charge is 0.465 e. The molecule has 118 valence electrons. The van der Waals surface area contributed by atoms with E-state index in [0.717, 1.165) is 16.4 Å². The van der Waals surface area contributed by atoms with Crippen molar-refractivity contribution in [2.75, 3.05) is 25.4 Å². The highest BCUT2D eigenvalue weighted by molar-refractivity contribution is 7.89. The van der Waals surface area contributed by atoms with Gasteiger partial charge < -0.3 is 10.5 Å². The fourth-order valence-electron chi connectivity index (χ4n) is 1.60. The summed E-state index contributed by atoms with van der Waals surface area (Å²) in [5.74, 6) is -1.50. The second-order valence-corrected chi connectivity index (χ2v) is 6.35. The van der Waals surface area contributed by atoms with Gasteiger partial charge in [-0.1, -0.05) is 18.5 Å². The highest BCUT2D eigenvalue weighted by atomic mass is 35.5. The zero-order valence-electron chi connectivity index (χ0n) is 11.6. The molecule has 0 aliphatic heterocycles. The minimum atomic E-state index is -4.08. The molecule has 0 heterocycles. The maximum Gasteiger partial charge on any atom is 0.321 e. The lowest BCUT2D eigenvalue weighted by atomic mass is 10.3. The third-order valence-electron chi connectivity index (χ3n) is 2.63. The normalized spacial score (nSPS) is 11.7. The number of ether oxygens (including phenoxy) is 1. The number of nitrogen functional groups attached to an aromatic ring is 1. The van der Waals surface area contributed by atoms with Gasteiger partial charge in [-0.05, 0) is 19.1 Å². The van der Waals surface area contributed by atoms with Crippen LogP contribution in [-0.4, -0.2) is 38.4 Å². The van der Waals surface area contributed by atoms with Crippen LogP contribution >= 0.6 is 11.6 Å². The van der Waals surface area contributed by atoms with Crippen LogP contribution in [0, 0.1) is 5.82 Å². The van der Waals surface area contributed by atoms with E-state index in [2.05, 4.69) is 0 Å². The molecule has 0 saturated carbocycles. The van der Waals surface area contributed by atoms with Gasteiger partial charge in [0.2, 0.25) is 10.0 Å². The molecule has 6 nitrogen and oxygen atoms in total. The molecular weight excluding hydrogens is 323 g/mol. The van der Waals surface area contributed by atoms with Crippen molar-refractivity contribution in [3.05, 3.63) is 23.0 Å². The van der Waals surface area contributed by atoms with Gasteiger partial charge in [0.15, 0.2) is 0 Å². The fourth-order valence-corrected chi connectivity index (χ4v) is 3.52. The van der Waals surface area contributed by atoms with Gasteiger partial charge in [0.25, 0.3) is 0 Å². The molecule has 0 spiro atoms. The van der Waals surface area contributed by atoms with Crippen LogP contribution in [0.15, 0.2) is 17.0 Å². The number of anilines is 1. The number of halogens is 2. The van der Waals surface area contributed by atoms with E-state index in [9.17, 15) is 17.6 Å². The van der Waals surface area contributed by atoms with Crippen LogP contribution in [0.3, 0.4) is 0 Å². The summed E-state index contributed by atoms with van der Waals surface area (Å²) in [6, 6.07) is 1.75. The van der Waals surface area contributed by atoms with E-state index in [-0.39, 0.29) is 28.8 Å². The molecule has 21 heavy (non-hydrogen) atoms. The van der Waals surface area contributed by atoms with E-state index in [1.54, 1.807) is 13.8 Å². The molecule has 0 atom stereocenters.